The molecule has 2 amide bonds. The van der Waals surface area contributed by atoms with Crippen LogP contribution in [0.15, 0.2) is 53.8 Å². The van der Waals surface area contributed by atoms with Gasteiger partial charge >= 0.3 is 12.2 Å². The van der Waals surface area contributed by atoms with Crippen LogP contribution in [0.1, 0.15) is 11.1 Å². The summed E-state index contributed by atoms with van der Waals surface area (Å²) in [4.78, 5) is 21.4. The van der Waals surface area contributed by atoms with E-state index in [0.29, 0.717) is 11.8 Å². The molecule has 7 nitrogen and oxygen atoms in total. The average Bonchev–Trinajstić information content (AvgIpc) is 2.66. The summed E-state index contributed by atoms with van der Waals surface area (Å²) in [7, 11) is 0. The van der Waals surface area contributed by atoms with Crippen LogP contribution in [0.2, 0.25) is 0 Å². The third-order valence-electron chi connectivity index (χ3n) is 4.50. The Morgan fingerprint density at radius 1 is 1.21 bits per heavy atom. The Morgan fingerprint density at radius 2 is 1.90 bits per heavy atom. The van der Waals surface area contributed by atoms with E-state index in [2.05, 4.69) is 5.32 Å². The van der Waals surface area contributed by atoms with E-state index < -0.39 is 22.0 Å². The number of fused-ring (bicyclic) bond motifs is 3. The highest BCUT2D eigenvalue weighted by atomic mass is 32.2. The molecule has 150 valence electrons. The summed E-state index contributed by atoms with van der Waals surface area (Å²) in [5, 5.41) is 13.0. The van der Waals surface area contributed by atoms with E-state index in [-0.39, 0.29) is 27.7 Å². The zero-order valence-electron chi connectivity index (χ0n) is 14.7. The van der Waals surface area contributed by atoms with Crippen molar-refractivity contribution >= 4 is 29.2 Å². The summed E-state index contributed by atoms with van der Waals surface area (Å²) in [6, 6.07) is 8.11. The predicted octanol–water partition coefficient (Wildman–Crippen LogP) is 4.77. The summed E-state index contributed by atoms with van der Waals surface area (Å²) in [6.07, 6.45) is -3.80. The molecule has 1 N–H and O–H groups in total. The van der Waals surface area contributed by atoms with Gasteiger partial charge in [0.25, 0.3) is 5.69 Å². The fraction of sp³-hybridized carbons (Fsp3) is 0.167. The number of thioether (sulfide) groups is 1. The molecule has 2 heterocycles. The van der Waals surface area contributed by atoms with Crippen molar-refractivity contribution in [2.75, 3.05) is 4.90 Å². The highest BCUT2D eigenvalue weighted by Gasteiger charge is 2.62. The fourth-order valence-electron chi connectivity index (χ4n) is 3.06. The highest BCUT2D eigenvalue weighted by molar-refractivity contribution is 8.04. The third kappa shape index (κ3) is 2.97. The van der Waals surface area contributed by atoms with Crippen molar-refractivity contribution in [1.82, 2.24) is 5.32 Å². The van der Waals surface area contributed by atoms with E-state index in [0.717, 1.165) is 22.8 Å². The molecule has 11 heteroatoms. The molecule has 1 unspecified atom stereocenters. The van der Waals surface area contributed by atoms with Crippen molar-refractivity contribution in [2.45, 2.75) is 18.0 Å². The van der Waals surface area contributed by atoms with Gasteiger partial charge in [-0.15, -0.1) is 0 Å². The molecule has 0 bridgehead atoms. The van der Waals surface area contributed by atoms with Gasteiger partial charge in [0.2, 0.25) is 4.87 Å². The van der Waals surface area contributed by atoms with Crippen LogP contribution < -0.4 is 15.0 Å². The van der Waals surface area contributed by atoms with E-state index in [1.165, 1.54) is 36.4 Å². The second-order valence-electron chi connectivity index (χ2n) is 6.40. The number of amides is 2. The second-order valence-corrected chi connectivity index (χ2v) is 7.63. The number of hydrogen-bond acceptors (Lipinski definition) is 5. The monoisotopic (exact) mass is 423 g/mol. The predicted molar refractivity (Wildman–Crippen MR) is 99.3 cm³/mol. The van der Waals surface area contributed by atoms with E-state index in [9.17, 15) is 28.1 Å². The number of nitro groups is 1. The van der Waals surface area contributed by atoms with E-state index in [1.54, 1.807) is 6.92 Å². The lowest BCUT2D eigenvalue weighted by molar-refractivity contribution is -0.384. The van der Waals surface area contributed by atoms with Gasteiger partial charge in [-0.3, -0.25) is 10.1 Å². The highest BCUT2D eigenvalue weighted by Crippen LogP contribution is 2.55. The zero-order valence-corrected chi connectivity index (χ0v) is 15.5. The van der Waals surface area contributed by atoms with Crippen molar-refractivity contribution in [1.29, 1.82) is 0 Å². The van der Waals surface area contributed by atoms with Crippen LogP contribution in [0, 0.1) is 17.0 Å². The number of anilines is 1. The SMILES string of the molecule is Cc1ccc(C2(C(F)(F)F)NC(=O)N3C(=COc4ccc([N+](=O)[O-])cc43)S2)cc1. The van der Waals surface area contributed by atoms with Crippen LogP contribution in [-0.2, 0) is 4.87 Å². The third-order valence-corrected chi connectivity index (χ3v) is 5.87. The normalized spacial score (nSPS) is 20.8. The van der Waals surface area contributed by atoms with Crippen molar-refractivity contribution in [3.63, 3.8) is 0 Å². The maximum atomic E-state index is 14.2. The first kappa shape index (κ1) is 19.1. The molecule has 2 aromatic carbocycles. The molecule has 2 aliphatic rings. The number of non-ortho nitro benzene ring substituents is 1. The average molecular weight is 423 g/mol. The van der Waals surface area contributed by atoms with Gasteiger partial charge in [-0.1, -0.05) is 41.6 Å². The van der Waals surface area contributed by atoms with Crippen LogP contribution in [0.5, 0.6) is 5.75 Å². The summed E-state index contributed by atoms with van der Waals surface area (Å²) < 4.78 is 47.9. The maximum absolute atomic E-state index is 14.2. The standard InChI is InChI=1S/C18H12F3N3O4S/c1-10-2-4-11(5-3-10)17(18(19,20)21)22-16(25)23-13-8-12(24(26)27)6-7-14(13)28-9-15(23)29-17/h2-9H,1H3,(H,22,25). The number of halogens is 3. The maximum Gasteiger partial charge on any atom is 0.425 e. The van der Waals surface area contributed by atoms with E-state index in [4.69, 9.17) is 4.74 Å². The lowest BCUT2D eigenvalue weighted by Crippen LogP contribution is -2.61. The molecule has 0 aliphatic carbocycles. The number of benzene rings is 2. The van der Waals surface area contributed by atoms with Crippen molar-refractivity contribution in [3.05, 3.63) is 75.0 Å². The number of nitrogens with zero attached hydrogens (tertiary/aromatic N) is 2. The van der Waals surface area contributed by atoms with Gasteiger partial charge in [0, 0.05) is 12.1 Å². The van der Waals surface area contributed by atoms with Crippen LogP contribution in [-0.4, -0.2) is 17.1 Å². The quantitative estimate of drug-likeness (QED) is 0.556. The first-order chi connectivity index (χ1) is 13.6. The Balaban J connectivity index is 1.81. The van der Waals surface area contributed by atoms with Gasteiger partial charge in [0.05, 0.1) is 4.92 Å². The van der Waals surface area contributed by atoms with Gasteiger partial charge in [0.15, 0.2) is 5.75 Å². The topological polar surface area (TPSA) is 84.7 Å². The number of nitro benzene ring substituents is 1. The first-order valence-corrected chi connectivity index (χ1v) is 9.04. The Hall–Kier alpha value is -3.21. The van der Waals surface area contributed by atoms with Gasteiger partial charge in [-0.05, 0) is 18.6 Å². The Labute approximate surface area is 166 Å². The Morgan fingerprint density at radius 3 is 2.52 bits per heavy atom. The molecule has 0 aromatic heterocycles. The zero-order chi connectivity index (χ0) is 21.0. The number of ether oxygens (including phenoxy) is 1. The van der Waals surface area contributed by atoms with Crippen LogP contribution in [0.4, 0.5) is 29.3 Å². The van der Waals surface area contributed by atoms with Crippen LogP contribution in [0.25, 0.3) is 0 Å². The summed E-state index contributed by atoms with van der Waals surface area (Å²) in [5.41, 5.74) is 0.277. The Kier molecular flexibility index (Phi) is 4.23. The molecule has 29 heavy (non-hydrogen) atoms. The summed E-state index contributed by atoms with van der Waals surface area (Å²) in [6.45, 7) is 1.74. The number of alkyl halides is 3. The first-order valence-electron chi connectivity index (χ1n) is 8.23. The van der Waals surface area contributed by atoms with Crippen LogP contribution >= 0.6 is 11.8 Å². The number of carbonyl (C=O) groups excluding carboxylic acids is 1. The minimum absolute atomic E-state index is 0.0126. The molecule has 0 saturated carbocycles. The number of hydrogen-bond donors (Lipinski definition) is 1. The molecule has 4 rings (SSSR count). The van der Waals surface area contributed by atoms with Gasteiger partial charge < -0.3 is 10.1 Å². The van der Waals surface area contributed by atoms with Gasteiger partial charge in [-0.25, -0.2) is 9.69 Å². The molecule has 0 radical (unpaired) electrons. The molecule has 1 fully saturated rings. The number of rotatable bonds is 2. The second kappa shape index (κ2) is 6.41. The van der Waals surface area contributed by atoms with E-state index in [1.807, 2.05) is 0 Å². The minimum atomic E-state index is -4.83. The number of urea groups is 1. The molecule has 0 spiro atoms. The lowest BCUT2D eigenvalue weighted by Gasteiger charge is -2.44. The van der Waals surface area contributed by atoms with Crippen molar-refractivity contribution < 1.29 is 27.6 Å². The molecule has 1 atom stereocenters. The number of nitrogens with one attached hydrogen (secondary N) is 1. The molecule has 1 saturated heterocycles. The summed E-state index contributed by atoms with van der Waals surface area (Å²) in [5.74, 6) is 0.116. The lowest BCUT2D eigenvalue weighted by atomic mass is 10.0. The molecular formula is C18H12F3N3O4S. The summed E-state index contributed by atoms with van der Waals surface area (Å²) >= 11 is 0.346. The molecular weight excluding hydrogens is 411 g/mol. The largest absolute Gasteiger partial charge is 0.460 e. The Bertz CT molecular complexity index is 1060. The van der Waals surface area contributed by atoms with Gasteiger partial charge in [0.1, 0.15) is 17.0 Å². The molecule has 2 aliphatic heterocycles. The smallest absolute Gasteiger partial charge is 0.425 e. The van der Waals surface area contributed by atoms with E-state index >= 15 is 0 Å². The van der Waals surface area contributed by atoms with Crippen LogP contribution in [0.3, 0.4) is 0 Å². The molecule has 2 aromatic rings. The van der Waals surface area contributed by atoms with Crippen molar-refractivity contribution in [2.24, 2.45) is 0 Å². The minimum Gasteiger partial charge on any atom is -0.460 e. The number of carbonyl (C=O) groups is 1. The fourth-order valence-corrected chi connectivity index (χ4v) is 4.25. The number of aryl methyl sites for hydroxylation is 1. The van der Waals surface area contributed by atoms with Gasteiger partial charge in [-0.2, -0.15) is 13.2 Å². The van der Waals surface area contributed by atoms with Crippen molar-refractivity contribution in [3.8, 4) is 5.75 Å².